The lowest BCUT2D eigenvalue weighted by atomic mass is 10.1. The van der Waals surface area contributed by atoms with Gasteiger partial charge in [-0.05, 0) is 25.0 Å². The van der Waals surface area contributed by atoms with Gasteiger partial charge in [0.25, 0.3) is 0 Å². The van der Waals surface area contributed by atoms with Crippen LogP contribution >= 0.6 is 0 Å². The number of hydrogen-bond acceptors (Lipinski definition) is 4. The molecule has 3 N–H and O–H groups in total. The van der Waals surface area contributed by atoms with Crippen molar-refractivity contribution in [2.45, 2.75) is 19.4 Å². The van der Waals surface area contributed by atoms with E-state index in [4.69, 9.17) is 20.3 Å². The van der Waals surface area contributed by atoms with Gasteiger partial charge in [0.05, 0.1) is 20.3 Å². The average Bonchev–Trinajstić information content (AvgIpc) is 2.31. The lowest BCUT2D eigenvalue weighted by Gasteiger charge is -2.15. The van der Waals surface area contributed by atoms with Crippen LogP contribution in [0.4, 0.5) is 0 Å². The molecule has 4 nitrogen and oxygen atoms in total. The van der Waals surface area contributed by atoms with E-state index in [0.717, 1.165) is 11.3 Å². The molecule has 90 valence electrons. The van der Waals surface area contributed by atoms with Crippen LogP contribution < -0.4 is 15.2 Å². The Kier molecular flexibility index (Phi) is 5.08. The molecule has 0 fully saturated rings. The van der Waals surface area contributed by atoms with Crippen molar-refractivity contribution in [3.05, 3.63) is 23.8 Å². The summed E-state index contributed by atoms with van der Waals surface area (Å²) in [5.74, 6) is 1.42. The van der Waals surface area contributed by atoms with Crippen LogP contribution in [-0.2, 0) is 6.42 Å². The Morgan fingerprint density at radius 1 is 1.44 bits per heavy atom. The molecule has 1 unspecified atom stereocenters. The number of hydrogen-bond donors (Lipinski definition) is 2. The van der Waals surface area contributed by atoms with Crippen molar-refractivity contribution in [1.82, 2.24) is 0 Å². The number of para-hydroxylation sites is 1. The molecule has 0 aliphatic carbocycles. The van der Waals surface area contributed by atoms with E-state index in [1.807, 2.05) is 25.1 Å². The van der Waals surface area contributed by atoms with Crippen LogP contribution in [0.2, 0.25) is 0 Å². The van der Waals surface area contributed by atoms with Gasteiger partial charge in [-0.1, -0.05) is 12.1 Å². The number of methoxy groups -OCH3 is 1. The molecule has 0 spiro atoms. The number of rotatable bonds is 6. The molecule has 0 aromatic heterocycles. The molecule has 0 saturated heterocycles. The van der Waals surface area contributed by atoms with E-state index in [0.29, 0.717) is 18.8 Å². The summed E-state index contributed by atoms with van der Waals surface area (Å²) in [5.41, 5.74) is 6.68. The van der Waals surface area contributed by atoms with Crippen LogP contribution in [0.15, 0.2) is 18.2 Å². The highest BCUT2D eigenvalue weighted by Crippen LogP contribution is 2.31. The second-order valence-electron chi connectivity index (χ2n) is 3.53. The SMILES string of the molecule is CCOc1c(CC(N)CO)cccc1OC. The van der Waals surface area contributed by atoms with Gasteiger partial charge in [-0.2, -0.15) is 0 Å². The molecule has 1 aromatic carbocycles. The maximum absolute atomic E-state index is 8.95. The van der Waals surface area contributed by atoms with E-state index in [1.54, 1.807) is 7.11 Å². The Morgan fingerprint density at radius 3 is 2.75 bits per heavy atom. The van der Waals surface area contributed by atoms with Crippen LogP contribution in [0.3, 0.4) is 0 Å². The summed E-state index contributed by atoms with van der Waals surface area (Å²) in [4.78, 5) is 0. The summed E-state index contributed by atoms with van der Waals surface area (Å²) in [6, 6.07) is 5.40. The van der Waals surface area contributed by atoms with Crippen LogP contribution in [0.1, 0.15) is 12.5 Å². The van der Waals surface area contributed by atoms with Crippen molar-refractivity contribution < 1.29 is 14.6 Å². The fourth-order valence-electron chi connectivity index (χ4n) is 1.54. The van der Waals surface area contributed by atoms with Gasteiger partial charge in [-0.25, -0.2) is 0 Å². The molecule has 4 heteroatoms. The molecule has 1 rings (SSSR count). The van der Waals surface area contributed by atoms with Gasteiger partial charge in [0.15, 0.2) is 11.5 Å². The van der Waals surface area contributed by atoms with Crippen molar-refractivity contribution in [2.24, 2.45) is 5.73 Å². The Labute approximate surface area is 96.0 Å². The fraction of sp³-hybridized carbons (Fsp3) is 0.500. The summed E-state index contributed by atoms with van der Waals surface area (Å²) in [7, 11) is 1.60. The van der Waals surface area contributed by atoms with Crippen molar-refractivity contribution in [3.8, 4) is 11.5 Å². The standard InChI is InChI=1S/C12H19NO3/c1-3-16-12-9(7-10(13)8-14)5-4-6-11(12)15-2/h4-6,10,14H,3,7-8,13H2,1-2H3. The van der Waals surface area contributed by atoms with Gasteiger partial charge in [-0.3, -0.25) is 0 Å². The van der Waals surface area contributed by atoms with Crippen LogP contribution in [-0.4, -0.2) is 31.5 Å². The maximum Gasteiger partial charge on any atom is 0.164 e. The minimum absolute atomic E-state index is 0.0389. The first kappa shape index (κ1) is 12.8. The first-order valence-electron chi connectivity index (χ1n) is 5.38. The quantitative estimate of drug-likeness (QED) is 0.756. The van der Waals surface area contributed by atoms with E-state index in [2.05, 4.69) is 0 Å². The highest BCUT2D eigenvalue weighted by atomic mass is 16.5. The topological polar surface area (TPSA) is 64.7 Å². The number of aliphatic hydroxyl groups is 1. The third-order valence-electron chi connectivity index (χ3n) is 2.29. The van der Waals surface area contributed by atoms with Crippen LogP contribution in [0, 0.1) is 0 Å². The number of aliphatic hydroxyl groups excluding tert-OH is 1. The molecule has 0 aliphatic rings. The Bertz CT molecular complexity index is 328. The molecule has 1 aromatic rings. The second-order valence-corrected chi connectivity index (χ2v) is 3.53. The largest absolute Gasteiger partial charge is 0.493 e. The average molecular weight is 225 g/mol. The minimum Gasteiger partial charge on any atom is -0.493 e. The zero-order valence-electron chi connectivity index (χ0n) is 9.77. The van der Waals surface area contributed by atoms with Gasteiger partial charge in [0.2, 0.25) is 0 Å². The van der Waals surface area contributed by atoms with E-state index in [-0.39, 0.29) is 12.6 Å². The Morgan fingerprint density at radius 2 is 2.19 bits per heavy atom. The predicted octanol–water partition coefficient (Wildman–Crippen LogP) is 0.956. The van der Waals surface area contributed by atoms with Crippen molar-refractivity contribution in [1.29, 1.82) is 0 Å². The smallest absolute Gasteiger partial charge is 0.164 e. The highest BCUT2D eigenvalue weighted by Gasteiger charge is 2.12. The summed E-state index contributed by atoms with van der Waals surface area (Å²) < 4.78 is 10.8. The normalized spacial score (nSPS) is 12.2. The fourth-order valence-corrected chi connectivity index (χ4v) is 1.54. The number of nitrogens with two attached hydrogens (primary N) is 1. The van der Waals surface area contributed by atoms with Gasteiger partial charge < -0.3 is 20.3 Å². The monoisotopic (exact) mass is 225 g/mol. The molecular formula is C12H19NO3. The van der Waals surface area contributed by atoms with E-state index >= 15 is 0 Å². The van der Waals surface area contributed by atoms with E-state index in [1.165, 1.54) is 0 Å². The maximum atomic E-state index is 8.95. The van der Waals surface area contributed by atoms with Crippen molar-refractivity contribution in [2.75, 3.05) is 20.3 Å². The zero-order chi connectivity index (χ0) is 12.0. The molecule has 0 bridgehead atoms. The first-order chi connectivity index (χ1) is 7.72. The third kappa shape index (κ3) is 3.12. The summed E-state index contributed by atoms with van der Waals surface area (Å²) in [6.07, 6.45) is 0.572. The molecule has 0 radical (unpaired) electrons. The summed E-state index contributed by atoms with van der Waals surface area (Å²) in [6.45, 7) is 2.45. The Balaban J connectivity index is 2.96. The molecular weight excluding hydrogens is 206 g/mol. The highest BCUT2D eigenvalue weighted by molar-refractivity contribution is 5.47. The third-order valence-corrected chi connectivity index (χ3v) is 2.29. The molecule has 0 amide bonds. The van der Waals surface area contributed by atoms with Crippen LogP contribution in [0.25, 0.3) is 0 Å². The second kappa shape index (κ2) is 6.35. The predicted molar refractivity (Wildman–Crippen MR) is 62.9 cm³/mol. The molecule has 16 heavy (non-hydrogen) atoms. The molecule has 1 atom stereocenters. The number of ether oxygens (including phenoxy) is 2. The zero-order valence-corrected chi connectivity index (χ0v) is 9.77. The van der Waals surface area contributed by atoms with Gasteiger partial charge in [0, 0.05) is 6.04 Å². The van der Waals surface area contributed by atoms with Crippen molar-refractivity contribution in [3.63, 3.8) is 0 Å². The van der Waals surface area contributed by atoms with E-state index in [9.17, 15) is 0 Å². The van der Waals surface area contributed by atoms with E-state index < -0.39 is 0 Å². The van der Waals surface area contributed by atoms with Crippen LogP contribution in [0.5, 0.6) is 11.5 Å². The lowest BCUT2D eigenvalue weighted by molar-refractivity contribution is 0.262. The van der Waals surface area contributed by atoms with Gasteiger partial charge >= 0.3 is 0 Å². The Hall–Kier alpha value is -1.26. The summed E-state index contributed by atoms with van der Waals surface area (Å²) >= 11 is 0. The minimum atomic E-state index is -0.272. The first-order valence-corrected chi connectivity index (χ1v) is 5.38. The lowest BCUT2D eigenvalue weighted by Crippen LogP contribution is -2.27. The van der Waals surface area contributed by atoms with Gasteiger partial charge in [0.1, 0.15) is 0 Å². The number of benzene rings is 1. The summed E-state index contributed by atoms with van der Waals surface area (Å²) in [5, 5.41) is 8.95. The molecule has 0 saturated carbocycles. The molecule has 0 heterocycles. The van der Waals surface area contributed by atoms with Gasteiger partial charge in [-0.15, -0.1) is 0 Å². The molecule has 0 aliphatic heterocycles. The van der Waals surface area contributed by atoms with Crippen molar-refractivity contribution >= 4 is 0 Å².